The van der Waals surface area contributed by atoms with Crippen molar-refractivity contribution >= 4 is 34.3 Å². The number of ether oxygens (including phenoxy) is 1. The van der Waals surface area contributed by atoms with E-state index >= 15 is 0 Å². The summed E-state index contributed by atoms with van der Waals surface area (Å²) in [6.45, 7) is 0. The molecular formula is C22H14N2O4S. The van der Waals surface area contributed by atoms with Crippen molar-refractivity contribution in [2.75, 3.05) is 0 Å². The number of carbonyl (C=O) groups is 1. The molecule has 4 aromatic rings. The Bertz CT molecular complexity index is 1190. The molecule has 7 heteroatoms. The number of benzene rings is 3. The molecule has 0 aliphatic heterocycles. The van der Waals surface area contributed by atoms with Gasteiger partial charge in [-0.05, 0) is 48.5 Å². The molecule has 1 heterocycles. The van der Waals surface area contributed by atoms with Gasteiger partial charge in [0.05, 0.1) is 10.5 Å². The fourth-order valence-electron chi connectivity index (χ4n) is 2.79. The van der Waals surface area contributed by atoms with Crippen LogP contribution in [0.25, 0.3) is 10.9 Å². The highest BCUT2D eigenvalue weighted by Crippen LogP contribution is 2.34. The Balaban J connectivity index is 1.60. The number of nitro groups is 1. The molecule has 0 atom stereocenters. The zero-order chi connectivity index (χ0) is 20.2. The number of nitro benzene ring substituents is 1. The van der Waals surface area contributed by atoms with E-state index in [1.54, 1.807) is 42.1 Å². The minimum absolute atomic E-state index is 0.152. The second kappa shape index (κ2) is 8.12. The Kier molecular flexibility index (Phi) is 5.22. The molecule has 0 saturated heterocycles. The smallest absolute Gasteiger partial charge is 0.343 e. The average molecular weight is 402 g/mol. The van der Waals surface area contributed by atoms with Crippen LogP contribution in [0, 0.1) is 10.1 Å². The van der Waals surface area contributed by atoms with Gasteiger partial charge >= 0.3 is 11.7 Å². The number of aromatic nitrogens is 1. The molecule has 0 spiro atoms. The molecule has 0 saturated carbocycles. The fourth-order valence-corrected chi connectivity index (χ4v) is 3.62. The standard InChI is InChI=1S/C22H14N2O4S/c25-22(16-8-11-18(12-9-16)29-17-6-2-1-3-7-17)28-21-19(24(26)27)13-10-15-5-4-14-23-20(15)21/h1-14H. The van der Waals surface area contributed by atoms with Crippen molar-refractivity contribution in [3.8, 4) is 5.75 Å². The molecular weight excluding hydrogens is 388 g/mol. The van der Waals surface area contributed by atoms with E-state index < -0.39 is 10.9 Å². The summed E-state index contributed by atoms with van der Waals surface area (Å²) in [6.07, 6.45) is 1.50. The summed E-state index contributed by atoms with van der Waals surface area (Å²) in [5, 5.41) is 12.0. The summed E-state index contributed by atoms with van der Waals surface area (Å²) in [7, 11) is 0. The van der Waals surface area contributed by atoms with E-state index in [4.69, 9.17) is 4.74 Å². The summed E-state index contributed by atoms with van der Waals surface area (Å²) >= 11 is 1.57. The van der Waals surface area contributed by atoms with Crippen molar-refractivity contribution in [1.29, 1.82) is 0 Å². The van der Waals surface area contributed by atoms with E-state index in [-0.39, 0.29) is 17.0 Å². The fraction of sp³-hybridized carbons (Fsp3) is 0. The van der Waals surface area contributed by atoms with Crippen molar-refractivity contribution < 1.29 is 14.5 Å². The van der Waals surface area contributed by atoms with Gasteiger partial charge in [-0.1, -0.05) is 36.0 Å². The maximum absolute atomic E-state index is 12.6. The normalized spacial score (nSPS) is 10.6. The zero-order valence-corrected chi connectivity index (χ0v) is 15.8. The van der Waals surface area contributed by atoms with Gasteiger partial charge in [0.15, 0.2) is 0 Å². The van der Waals surface area contributed by atoms with E-state index in [1.165, 1.54) is 12.3 Å². The van der Waals surface area contributed by atoms with Gasteiger partial charge in [-0.25, -0.2) is 4.79 Å². The lowest BCUT2D eigenvalue weighted by Gasteiger charge is -2.08. The Labute approximate surface area is 170 Å². The first-order chi connectivity index (χ1) is 14.1. The number of esters is 1. The molecule has 0 fully saturated rings. The summed E-state index contributed by atoms with van der Waals surface area (Å²) in [5.41, 5.74) is 0.261. The molecule has 0 aliphatic rings. The third-order valence-corrected chi connectivity index (χ3v) is 5.18. The van der Waals surface area contributed by atoms with Crippen LogP contribution in [0.3, 0.4) is 0 Å². The highest BCUT2D eigenvalue weighted by molar-refractivity contribution is 7.99. The zero-order valence-electron chi connectivity index (χ0n) is 15.0. The van der Waals surface area contributed by atoms with Crippen LogP contribution in [-0.4, -0.2) is 15.9 Å². The molecule has 4 rings (SSSR count). The van der Waals surface area contributed by atoms with Gasteiger partial charge in [-0.15, -0.1) is 0 Å². The Morgan fingerprint density at radius 3 is 2.34 bits per heavy atom. The van der Waals surface area contributed by atoms with Gasteiger partial charge in [0.1, 0.15) is 5.52 Å². The monoisotopic (exact) mass is 402 g/mol. The number of fused-ring (bicyclic) bond motifs is 1. The second-order valence-corrected chi connectivity index (χ2v) is 7.22. The first-order valence-corrected chi connectivity index (χ1v) is 9.51. The van der Waals surface area contributed by atoms with Crippen molar-refractivity contribution in [3.63, 3.8) is 0 Å². The van der Waals surface area contributed by atoms with Crippen LogP contribution in [0.4, 0.5) is 5.69 Å². The molecule has 3 aromatic carbocycles. The molecule has 0 amide bonds. The lowest BCUT2D eigenvalue weighted by atomic mass is 10.2. The minimum Gasteiger partial charge on any atom is -0.413 e. The van der Waals surface area contributed by atoms with Gasteiger partial charge < -0.3 is 4.74 Å². The molecule has 0 bridgehead atoms. The molecule has 0 unspecified atom stereocenters. The van der Waals surface area contributed by atoms with E-state index in [1.807, 2.05) is 42.5 Å². The Morgan fingerprint density at radius 1 is 0.897 bits per heavy atom. The van der Waals surface area contributed by atoms with E-state index in [9.17, 15) is 14.9 Å². The van der Waals surface area contributed by atoms with Crippen LogP contribution in [0.2, 0.25) is 0 Å². The Morgan fingerprint density at radius 2 is 1.62 bits per heavy atom. The summed E-state index contributed by atoms with van der Waals surface area (Å²) in [5.74, 6) is -0.830. The number of rotatable bonds is 5. The summed E-state index contributed by atoms with van der Waals surface area (Å²) < 4.78 is 5.41. The molecule has 0 N–H and O–H groups in total. The summed E-state index contributed by atoms with van der Waals surface area (Å²) in [6, 6.07) is 23.1. The highest BCUT2D eigenvalue weighted by Gasteiger charge is 2.23. The molecule has 1 aromatic heterocycles. The van der Waals surface area contributed by atoms with Crippen molar-refractivity contribution in [3.05, 3.63) is 101 Å². The number of hydrogen-bond acceptors (Lipinski definition) is 6. The van der Waals surface area contributed by atoms with Crippen LogP contribution in [0.1, 0.15) is 10.4 Å². The lowest BCUT2D eigenvalue weighted by molar-refractivity contribution is -0.385. The van der Waals surface area contributed by atoms with Crippen LogP contribution in [0.5, 0.6) is 5.75 Å². The highest BCUT2D eigenvalue weighted by atomic mass is 32.2. The van der Waals surface area contributed by atoms with E-state index in [2.05, 4.69) is 4.98 Å². The van der Waals surface area contributed by atoms with Crippen LogP contribution < -0.4 is 4.74 Å². The van der Waals surface area contributed by atoms with Gasteiger partial charge in [0.2, 0.25) is 5.75 Å². The predicted octanol–water partition coefficient (Wildman–Crippen LogP) is 5.51. The predicted molar refractivity (Wildman–Crippen MR) is 110 cm³/mol. The average Bonchev–Trinajstić information content (AvgIpc) is 2.75. The number of hydrogen-bond donors (Lipinski definition) is 0. The van der Waals surface area contributed by atoms with Gasteiger partial charge in [-0.3, -0.25) is 15.1 Å². The van der Waals surface area contributed by atoms with Crippen LogP contribution in [-0.2, 0) is 0 Å². The first kappa shape index (κ1) is 18.6. The van der Waals surface area contributed by atoms with Crippen molar-refractivity contribution in [2.24, 2.45) is 0 Å². The van der Waals surface area contributed by atoms with Crippen LogP contribution >= 0.6 is 11.8 Å². The Hall–Kier alpha value is -3.71. The van der Waals surface area contributed by atoms with Crippen LogP contribution in [0.15, 0.2) is 94.9 Å². The van der Waals surface area contributed by atoms with Crippen molar-refractivity contribution in [1.82, 2.24) is 4.98 Å². The summed E-state index contributed by atoms with van der Waals surface area (Å²) in [4.78, 5) is 29.6. The number of pyridine rings is 1. The molecule has 0 radical (unpaired) electrons. The lowest BCUT2D eigenvalue weighted by Crippen LogP contribution is -2.10. The first-order valence-electron chi connectivity index (χ1n) is 8.69. The van der Waals surface area contributed by atoms with Gasteiger partial charge in [0.25, 0.3) is 0 Å². The van der Waals surface area contributed by atoms with Crippen molar-refractivity contribution in [2.45, 2.75) is 9.79 Å². The van der Waals surface area contributed by atoms with E-state index in [0.717, 1.165) is 9.79 Å². The largest absolute Gasteiger partial charge is 0.413 e. The van der Waals surface area contributed by atoms with Gasteiger partial charge in [-0.2, -0.15) is 0 Å². The maximum Gasteiger partial charge on any atom is 0.343 e. The second-order valence-electron chi connectivity index (χ2n) is 6.08. The molecule has 142 valence electrons. The topological polar surface area (TPSA) is 82.3 Å². The van der Waals surface area contributed by atoms with E-state index in [0.29, 0.717) is 10.9 Å². The number of nitrogens with zero attached hydrogens (tertiary/aromatic N) is 2. The third kappa shape index (κ3) is 4.09. The quantitative estimate of drug-likeness (QED) is 0.189. The maximum atomic E-state index is 12.6. The van der Waals surface area contributed by atoms with Gasteiger partial charge in [0, 0.05) is 27.4 Å². The molecule has 0 aliphatic carbocycles. The number of carbonyl (C=O) groups excluding carboxylic acids is 1. The molecule has 29 heavy (non-hydrogen) atoms. The minimum atomic E-state index is -0.678. The SMILES string of the molecule is O=C(Oc1c([N+](=O)[O-])ccc2cccnc12)c1ccc(Sc2ccccc2)cc1. The third-order valence-electron chi connectivity index (χ3n) is 4.17. The molecule has 6 nitrogen and oxygen atoms in total.